The number of benzene rings is 1. The molecule has 2 aliphatic heterocycles. The SMILES string of the molecule is COc1ccc(OCC(=O)N2CCC3(CC2)OCCC[C@@H]3OC)cc1. The van der Waals surface area contributed by atoms with Gasteiger partial charge >= 0.3 is 0 Å². The van der Waals surface area contributed by atoms with E-state index in [-0.39, 0.29) is 24.2 Å². The topological polar surface area (TPSA) is 57.2 Å². The average molecular weight is 349 g/mol. The molecule has 1 aromatic rings. The molecule has 2 heterocycles. The zero-order valence-corrected chi connectivity index (χ0v) is 15.0. The van der Waals surface area contributed by atoms with E-state index in [4.69, 9.17) is 18.9 Å². The summed E-state index contributed by atoms with van der Waals surface area (Å²) in [6, 6.07) is 7.23. The number of likely N-dealkylation sites (tertiary alicyclic amines) is 1. The van der Waals surface area contributed by atoms with Crippen molar-refractivity contribution in [2.24, 2.45) is 0 Å². The average Bonchev–Trinajstić information content (AvgIpc) is 2.67. The summed E-state index contributed by atoms with van der Waals surface area (Å²) in [5.41, 5.74) is -0.222. The van der Waals surface area contributed by atoms with E-state index < -0.39 is 0 Å². The minimum atomic E-state index is -0.222. The Morgan fingerprint density at radius 3 is 2.52 bits per heavy atom. The van der Waals surface area contributed by atoms with Gasteiger partial charge in [0.1, 0.15) is 11.5 Å². The summed E-state index contributed by atoms with van der Waals surface area (Å²) in [6.07, 6.45) is 3.84. The molecule has 0 bridgehead atoms. The first-order chi connectivity index (χ1) is 12.2. The van der Waals surface area contributed by atoms with Gasteiger partial charge in [-0.1, -0.05) is 0 Å². The largest absolute Gasteiger partial charge is 0.497 e. The highest BCUT2D eigenvalue weighted by atomic mass is 16.5. The van der Waals surface area contributed by atoms with E-state index in [1.54, 1.807) is 26.4 Å². The van der Waals surface area contributed by atoms with Gasteiger partial charge in [-0.25, -0.2) is 0 Å². The fourth-order valence-corrected chi connectivity index (χ4v) is 3.74. The Morgan fingerprint density at radius 2 is 1.88 bits per heavy atom. The summed E-state index contributed by atoms with van der Waals surface area (Å²) in [6.45, 7) is 2.21. The zero-order valence-electron chi connectivity index (χ0n) is 15.0. The maximum absolute atomic E-state index is 12.4. The van der Waals surface area contributed by atoms with Crippen LogP contribution in [0.2, 0.25) is 0 Å². The molecule has 1 atom stereocenters. The monoisotopic (exact) mass is 349 g/mol. The molecule has 0 radical (unpaired) electrons. The Kier molecular flexibility index (Phi) is 5.81. The standard InChI is InChI=1S/C19H27NO5/c1-22-15-5-7-16(8-6-15)24-14-18(21)20-11-9-19(10-12-20)17(23-2)4-3-13-25-19/h5-8,17H,3-4,9-14H2,1-2H3/t17-/m0/s1. The summed E-state index contributed by atoms with van der Waals surface area (Å²) in [7, 11) is 3.37. The van der Waals surface area contributed by atoms with Crippen molar-refractivity contribution < 1.29 is 23.7 Å². The second-order valence-electron chi connectivity index (χ2n) is 6.62. The number of amides is 1. The lowest BCUT2D eigenvalue weighted by molar-refractivity contribution is -0.188. The molecular formula is C19H27NO5. The molecule has 0 aliphatic carbocycles. The van der Waals surface area contributed by atoms with Crippen molar-refractivity contribution >= 4 is 5.91 Å². The number of methoxy groups -OCH3 is 2. The fourth-order valence-electron chi connectivity index (χ4n) is 3.74. The molecule has 25 heavy (non-hydrogen) atoms. The summed E-state index contributed by atoms with van der Waals surface area (Å²) in [4.78, 5) is 14.3. The first-order valence-electron chi connectivity index (χ1n) is 8.88. The molecule has 0 aromatic heterocycles. The number of hydrogen-bond acceptors (Lipinski definition) is 5. The van der Waals surface area contributed by atoms with Crippen LogP contribution >= 0.6 is 0 Å². The van der Waals surface area contributed by atoms with E-state index >= 15 is 0 Å². The van der Waals surface area contributed by atoms with Crippen LogP contribution in [-0.4, -0.2) is 63.0 Å². The highest BCUT2D eigenvalue weighted by molar-refractivity contribution is 5.77. The second-order valence-corrected chi connectivity index (χ2v) is 6.62. The molecule has 138 valence electrons. The Morgan fingerprint density at radius 1 is 1.20 bits per heavy atom. The minimum Gasteiger partial charge on any atom is -0.497 e. The Labute approximate surface area is 149 Å². The number of carbonyl (C=O) groups is 1. The van der Waals surface area contributed by atoms with Crippen molar-refractivity contribution in [3.63, 3.8) is 0 Å². The van der Waals surface area contributed by atoms with Crippen molar-refractivity contribution in [3.05, 3.63) is 24.3 Å². The third-order valence-electron chi connectivity index (χ3n) is 5.26. The van der Waals surface area contributed by atoms with Crippen LogP contribution in [0.15, 0.2) is 24.3 Å². The smallest absolute Gasteiger partial charge is 0.260 e. The van der Waals surface area contributed by atoms with Crippen molar-refractivity contribution in [2.75, 3.05) is 40.5 Å². The normalized spacial score (nSPS) is 22.6. The molecule has 0 saturated carbocycles. The van der Waals surface area contributed by atoms with E-state index in [2.05, 4.69) is 0 Å². The molecule has 6 heteroatoms. The molecule has 2 saturated heterocycles. The third kappa shape index (κ3) is 4.07. The van der Waals surface area contributed by atoms with Crippen LogP contribution in [-0.2, 0) is 14.3 Å². The van der Waals surface area contributed by atoms with Crippen LogP contribution in [0.4, 0.5) is 0 Å². The predicted octanol–water partition coefficient (Wildman–Crippen LogP) is 2.26. The van der Waals surface area contributed by atoms with Crippen LogP contribution in [0.3, 0.4) is 0 Å². The summed E-state index contributed by atoms with van der Waals surface area (Å²) in [5, 5.41) is 0. The van der Waals surface area contributed by atoms with Gasteiger partial charge in [0.25, 0.3) is 5.91 Å². The van der Waals surface area contributed by atoms with Gasteiger partial charge in [0, 0.05) is 26.8 Å². The van der Waals surface area contributed by atoms with Gasteiger partial charge in [-0.15, -0.1) is 0 Å². The van der Waals surface area contributed by atoms with Crippen molar-refractivity contribution in [1.29, 1.82) is 0 Å². The van der Waals surface area contributed by atoms with E-state index in [1.165, 1.54) is 0 Å². The van der Waals surface area contributed by atoms with Gasteiger partial charge in [0.05, 0.1) is 18.8 Å². The second kappa shape index (κ2) is 8.06. The number of rotatable bonds is 5. The molecule has 1 spiro atoms. The Bertz CT molecular complexity index is 566. The number of ether oxygens (including phenoxy) is 4. The molecule has 3 rings (SSSR count). The van der Waals surface area contributed by atoms with Gasteiger partial charge in [0.2, 0.25) is 0 Å². The first kappa shape index (κ1) is 18.0. The van der Waals surface area contributed by atoms with Crippen molar-refractivity contribution in [3.8, 4) is 11.5 Å². The van der Waals surface area contributed by atoms with Gasteiger partial charge in [0.15, 0.2) is 6.61 Å². The highest BCUT2D eigenvalue weighted by Crippen LogP contribution is 2.36. The molecule has 2 fully saturated rings. The minimum absolute atomic E-state index is 0.00967. The van der Waals surface area contributed by atoms with Gasteiger partial charge < -0.3 is 23.8 Å². The lowest BCUT2D eigenvalue weighted by Crippen LogP contribution is -2.57. The predicted molar refractivity (Wildman–Crippen MR) is 93.0 cm³/mol. The van der Waals surface area contributed by atoms with Gasteiger partial charge in [-0.3, -0.25) is 4.79 Å². The number of carbonyl (C=O) groups excluding carboxylic acids is 1. The van der Waals surface area contributed by atoms with Crippen LogP contribution < -0.4 is 9.47 Å². The van der Waals surface area contributed by atoms with E-state index in [0.717, 1.165) is 38.0 Å². The van der Waals surface area contributed by atoms with Crippen LogP contribution in [0, 0.1) is 0 Å². The lowest BCUT2D eigenvalue weighted by Gasteiger charge is -2.47. The summed E-state index contributed by atoms with van der Waals surface area (Å²) >= 11 is 0. The van der Waals surface area contributed by atoms with Crippen LogP contribution in [0.25, 0.3) is 0 Å². The van der Waals surface area contributed by atoms with Gasteiger partial charge in [-0.05, 0) is 49.9 Å². The molecule has 0 N–H and O–H groups in total. The number of nitrogens with zero attached hydrogens (tertiary/aromatic N) is 1. The lowest BCUT2D eigenvalue weighted by atomic mass is 9.82. The van der Waals surface area contributed by atoms with E-state index in [1.807, 2.05) is 17.0 Å². The highest BCUT2D eigenvalue weighted by Gasteiger charge is 2.45. The maximum atomic E-state index is 12.4. The summed E-state index contributed by atoms with van der Waals surface area (Å²) < 4.78 is 22.4. The summed E-state index contributed by atoms with van der Waals surface area (Å²) in [5.74, 6) is 1.44. The molecule has 2 aliphatic rings. The number of hydrogen-bond donors (Lipinski definition) is 0. The van der Waals surface area contributed by atoms with Crippen molar-refractivity contribution in [1.82, 2.24) is 4.90 Å². The fraction of sp³-hybridized carbons (Fsp3) is 0.632. The third-order valence-corrected chi connectivity index (χ3v) is 5.26. The quantitative estimate of drug-likeness (QED) is 0.816. The molecular weight excluding hydrogens is 322 g/mol. The van der Waals surface area contributed by atoms with Crippen LogP contribution in [0.5, 0.6) is 11.5 Å². The van der Waals surface area contributed by atoms with Gasteiger partial charge in [-0.2, -0.15) is 0 Å². The van der Waals surface area contributed by atoms with Crippen LogP contribution in [0.1, 0.15) is 25.7 Å². The number of piperidine rings is 1. The van der Waals surface area contributed by atoms with Crippen molar-refractivity contribution in [2.45, 2.75) is 37.4 Å². The molecule has 1 amide bonds. The molecule has 6 nitrogen and oxygen atoms in total. The maximum Gasteiger partial charge on any atom is 0.260 e. The molecule has 0 unspecified atom stereocenters. The Hall–Kier alpha value is -1.79. The van der Waals surface area contributed by atoms with E-state index in [0.29, 0.717) is 18.8 Å². The molecule has 1 aromatic carbocycles. The van der Waals surface area contributed by atoms with E-state index in [9.17, 15) is 4.79 Å². The Balaban J connectivity index is 1.49. The zero-order chi connectivity index (χ0) is 17.7. The first-order valence-corrected chi connectivity index (χ1v) is 8.88.